The minimum atomic E-state index is -0.669. The Labute approximate surface area is 171 Å². The minimum absolute atomic E-state index is 0.00271. The summed E-state index contributed by atoms with van der Waals surface area (Å²) >= 11 is 0. The van der Waals surface area contributed by atoms with Crippen molar-refractivity contribution in [2.24, 2.45) is 34.5 Å². The molecule has 29 heavy (non-hydrogen) atoms. The van der Waals surface area contributed by atoms with Gasteiger partial charge in [0.2, 0.25) is 0 Å². The molecule has 3 saturated carbocycles. The van der Waals surface area contributed by atoms with Gasteiger partial charge in [-0.1, -0.05) is 18.6 Å². The number of esters is 1. The molecule has 4 rings (SSSR count). The van der Waals surface area contributed by atoms with E-state index in [0.717, 1.165) is 24.8 Å². The molecule has 158 valence electrons. The Kier molecular flexibility index (Phi) is 5.06. The molecule has 0 radical (unpaired) electrons. The van der Waals surface area contributed by atoms with Crippen LogP contribution in [0, 0.1) is 34.5 Å². The normalized spacial score (nSPS) is 43.1. The molecular weight excluding hydrogens is 372 g/mol. The molecule has 3 fully saturated rings. The molecule has 6 heteroatoms. The van der Waals surface area contributed by atoms with E-state index in [-0.39, 0.29) is 47.9 Å². The first-order valence-corrected chi connectivity index (χ1v) is 10.6. The summed E-state index contributed by atoms with van der Waals surface area (Å²) in [7, 11) is 0. The number of aliphatic hydroxyl groups is 2. The maximum Gasteiger partial charge on any atom is 0.303 e. The van der Waals surface area contributed by atoms with Crippen molar-refractivity contribution in [2.45, 2.75) is 52.1 Å². The van der Waals surface area contributed by atoms with E-state index in [1.807, 2.05) is 6.08 Å². The van der Waals surface area contributed by atoms with Gasteiger partial charge in [-0.3, -0.25) is 14.4 Å². The first-order valence-electron chi connectivity index (χ1n) is 10.6. The molecule has 0 heterocycles. The van der Waals surface area contributed by atoms with Crippen molar-refractivity contribution < 1.29 is 29.3 Å². The highest BCUT2D eigenvalue weighted by atomic mass is 16.5. The van der Waals surface area contributed by atoms with Gasteiger partial charge in [0.05, 0.1) is 6.10 Å². The summed E-state index contributed by atoms with van der Waals surface area (Å²) in [5.74, 6) is -0.766. The predicted octanol–water partition coefficient (Wildman–Crippen LogP) is 1.99. The summed E-state index contributed by atoms with van der Waals surface area (Å²) in [5, 5.41) is 21.7. The van der Waals surface area contributed by atoms with E-state index in [4.69, 9.17) is 4.74 Å². The number of allylic oxidation sites excluding steroid dienone is 4. The van der Waals surface area contributed by atoms with Crippen LogP contribution in [-0.4, -0.2) is 47.1 Å². The van der Waals surface area contributed by atoms with E-state index in [2.05, 4.69) is 6.92 Å². The standard InChI is InChI=1S/C23H30O6/c1-13(25)29-11-20(28)18-6-5-17-16-4-3-14-9-15(26)7-8-22(14,2)21(16)19(27)10-23(17,18)12-24/h7-9,16-19,21,24,27H,3-6,10-12H2,1-2H3/t16-,17-,18+,19-,21+,22-,23+/m0/s1. The Bertz CT molecular complexity index is 797. The molecule has 0 aromatic carbocycles. The van der Waals surface area contributed by atoms with Gasteiger partial charge in [-0.2, -0.15) is 0 Å². The molecule has 0 spiro atoms. The second kappa shape index (κ2) is 7.17. The van der Waals surface area contributed by atoms with Gasteiger partial charge in [0.25, 0.3) is 0 Å². The fourth-order valence-corrected chi connectivity index (χ4v) is 7.16. The van der Waals surface area contributed by atoms with Crippen LogP contribution in [0.15, 0.2) is 23.8 Å². The number of aliphatic hydroxyl groups excluding tert-OH is 2. The fourth-order valence-electron chi connectivity index (χ4n) is 7.16. The number of hydrogen-bond donors (Lipinski definition) is 2. The number of ether oxygens (including phenoxy) is 1. The lowest BCUT2D eigenvalue weighted by molar-refractivity contribution is -0.158. The molecule has 0 amide bonds. The third-order valence-corrected chi connectivity index (χ3v) is 8.32. The summed E-state index contributed by atoms with van der Waals surface area (Å²) in [6, 6.07) is 0. The van der Waals surface area contributed by atoms with Crippen molar-refractivity contribution in [1.82, 2.24) is 0 Å². The average Bonchev–Trinajstić information content (AvgIpc) is 3.06. The van der Waals surface area contributed by atoms with Crippen LogP contribution in [0.3, 0.4) is 0 Å². The average molecular weight is 402 g/mol. The smallest absolute Gasteiger partial charge is 0.303 e. The summed E-state index contributed by atoms with van der Waals surface area (Å²) in [6.07, 6.45) is 8.08. The SMILES string of the molecule is CC(=O)OCC(=O)[C@H]1CC[C@H]2[C@@H]3CCC4=CC(=O)C=C[C@]4(C)[C@H]3[C@@H](O)C[C@]12CO. The van der Waals surface area contributed by atoms with Crippen LogP contribution < -0.4 is 0 Å². The molecule has 7 atom stereocenters. The third-order valence-electron chi connectivity index (χ3n) is 8.32. The Morgan fingerprint density at radius 1 is 1.28 bits per heavy atom. The number of fused-ring (bicyclic) bond motifs is 5. The Morgan fingerprint density at radius 2 is 2.03 bits per heavy atom. The number of hydrogen-bond acceptors (Lipinski definition) is 6. The van der Waals surface area contributed by atoms with Crippen molar-refractivity contribution in [3.05, 3.63) is 23.8 Å². The molecular formula is C23H30O6. The van der Waals surface area contributed by atoms with Crippen LogP contribution in [0.25, 0.3) is 0 Å². The first kappa shape index (κ1) is 20.5. The van der Waals surface area contributed by atoms with E-state index >= 15 is 0 Å². The van der Waals surface area contributed by atoms with Gasteiger partial charge in [0.15, 0.2) is 11.6 Å². The molecule has 0 aromatic heterocycles. The third kappa shape index (κ3) is 3.03. The van der Waals surface area contributed by atoms with Crippen LogP contribution in [-0.2, 0) is 19.1 Å². The summed E-state index contributed by atoms with van der Waals surface area (Å²) < 4.78 is 4.93. The molecule has 0 aromatic rings. The molecule has 0 saturated heterocycles. The van der Waals surface area contributed by atoms with E-state index in [1.165, 1.54) is 6.92 Å². The highest BCUT2D eigenvalue weighted by molar-refractivity contribution is 6.01. The molecule has 4 aliphatic carbocycles. The van der Waals surface area contributed by atoms with Gasteiger partial charge in [0, 0.05) is 36.2 Å². The van der Waals surface area contributed by atoms with Gasteiger partial charge in [-0.05, 0) is 56.1 Å². The van der Waals surface area contributed by atoms with E-state index in [1.54, 1.807) is 12.2 Å². The Hall–Kier alpha value is -1.79. The number of carbonyl (C=O) groups excluding carboxylic acids is 3. The van der Waals surface area contributed by atoms with E-state index < -0.39 is 23.4 Å². The van der Waals surface area contributed by atoms with Crippen LogP contribution in [0.4, 0.5) is 0 Å². The van der Waals surface area contributed by atoms with Crippen molar-refractivity contribution >= 4 is 17.5 Å². The first-order chi connectivity index (χ1) is 13.7. The number of carbonyl (C=O) groups is 3. The van der Waals surface area contributed by atoms with Crippen LogP contribution in [0.2, 0.25) is 0 Å². The quantitative estimate of drug-likeness (QED) is 0.698. The monoisotopic (exact) mass is 402 g/mol. The van der Waals surface area contributed by atoms with Crippen LogP contribution >= 0.6 is 0 Å². The highest BCUT2D eigenvalue weighted by Gasteiger charge is 2.64. The maximum atomic E-state index is 12.8. The number of rotatable bonds is 4. The van der Waals surface area contributed by atoms with Gasteiger partial charge in [0.1, 0.15) is 6.61 Å². The number of ketones is 2. The largest absolute Gasteiger partial charge is 0.458 e. The summed E-state index contributed by atoms with van der Waals surface area (Å²) in [4.78, 5) is 35.8. The Balaban J connectivity index is 1.65. The summed E-state index contributed by atoms with van der Waals surface area (Å²) in [6.45, 7) is 2.96. The van der Waals surface area contributed by atoms with Crippen molar-refractivity contribution in [3.8, 4) is 0 Å². The minimum Gasteiger partial charge on any atom is -0.458 e. The summed E-state index contributed by atoms with van der Waals surface area (Å²) in [5.41, 5.74) is 0.0589. The molecule has 0 unspecified atom stereocenters. The zero-order chi connectivity index (χ0) is 21.0. The molecule has 2 N–H and O–H groups in total. The lowest BCUT2D eigenvalue weighted by Crippen LogP contribution is -2.58. The Morgan fingerprint density at radius 3 is 2.72 bits per heavy atom. The molecule has 6 nitrogen and oxygen atoms in total. The second-order valence-electron chi connectivity index (χ2n) is 9.56. The van der Waals surface area contributed by atoms with Crippen molar-refractivity contribution in [3.63, 3.8) is 0 Å². The van der Waals surface area contributed by atoms with Gasteiger partial charge >= 0.3 is 5.97 Å². The zero-order valence-electron chi connectivity index (χ0n) is 17.1. The van der Waals surface area contributed by atoms with Crippen molar-refractivity contribution in [2.75, 3.05) is 13.2 Å². The number of Topliss-reactive ketones (excluding diaryl/α,β-unsaturated/α-hetero) is 1. The maximum absolute atomic E-state index is 12.8. The highest BCUT2D eigenvalue weighted by Crippen LogP contribution is 2.66. The topological polar surface area (TPSA) is 101 Å². The van der Waals surface area contributed by atoms with Gasteiger partial charge in [-0.15, -0.1) is 0 Å². The van der Waals surface area contributed by atoms with E-state index in [9.17, 15) is 24.6 Å². The molecule has 0 aliphatic heterocycles. The van der Waals surface area contributed by atoms with Gasteiger partial charge < -0.3 is 14.9 Å². The lowest BCUT2D eigenvalue weighted by Gasteiger charge is -2.59. The molecule has 4 aliphatic rings. The fraction of sp³-hybridized carbons (Fsp3) is 0.696. The zero-order valence-corrected chi connectivity index (χ0v) is 17.1. The predicted molar refractivity (Wildman–Crippen MR) is 105 cm³/mol. The van der Waals surface area contributed by atoms with Crippen LogP contribution in [0.5, 0.6) is 0 Å². The lowest BCUT2D eigenvalue weighted by atomic mass is 9.46. The van der Waals surface area contributed by atoms with E-state index in [0.29, 0.717) is 12.8 Å². The second-order valence-corrected chi connectivity index (χ2v) is 9.56. The molecule has 0 bridgehead atoms. The van der Waals surface area contributed by atoms with Crippen molar-refractivity contribution in [1.29, 1.82) is 0 Å². The van der Waals surface area contributed by atoms with Crippen LogP contribution in [0.1, 0.15) is 46.0 Å². The van der Waals surface area contributed by atoms with Gasteiger partial charge in [-0.25, -0.2) is 0 Å².